The van der Waals surface area contributed by atoms with Crippen LogP contribution in [0, 0.1) is 5.82 Å². The summed E-state index contributed by atoms with van der Waals surface area (Å²) >= 11 is 1.14. The van der Waals surface area contributed by atoms with Crippen LogP contribution in [0.4, 0.5) is 10.1 Å². The van der Waals surface area contributed by atoms with Crippen LogP contribution in [0.25, 0.3) is 11.1 Å². The fraction of sp³-hybridized carbons (Fsp3) is 0.160. The highest BCUT2D eigenvalue weighted by Crippen LogP contribution is 2.30. The number of carbonyl (C=O) groups excluding carboxylic acids is 1. The van der Waals surface area contributed by atoms with Crippen LogP contribution >= 0.6 is 11.8 Å². The van der Waals surface area contributed by atoms with Crippen LogP contribution in [0.2, 0.25) is 0 Å². The lowest BCUT2D eigenvalue weighted by Gasteiger charge is -2.14. The summed E-state index contributed by atoms with van der Waals surface area (Å²) in [5.41, 5.74) is 2.67. The lowest BCUT2D eigenvalue weighted by Crippen LogP contribution is -2.22. The molecule has 1 amide bonds. The van der Waals surface area contributed by atoms with Gasteiger partial charge in [0.2, 0.25) is 5.91 Å². The number of nitrogens with zero attached hydrogens (tertiary/aromatic N) is 2. The van der Waals surface area contributed by atoms with E-state index < -0.39 is 17.2 Å². The topological polar surface area (TPSA) is 77.2 Å². The number of nitrogens with one attached hydrogen (secondary N) is 1. The summed E-state index contributed by atoms with van der Waals surface area (Å²) in [4.78, 5) is 12.8. The molecule has 3 aromatic carbocycles. The Morgan fingerprint density at radius 2 is 1.67 bits per heavy atom. The molecule has 6 nitrogen and oxygen atoms in total. The summed E-state index contributed by atoms with van der Waals surface area (Å²) in [6.45, 7) is 3.44. The Hall–Kier alpha value is -3.65. The Balaban J connectivity index is 1.40. The van der Waals surface area contributed by atoms with Gasteiger partial charge < -0.3 is 14.5 Å². The minimum atomic E-state index is -0.648. The molecule has 0 aliphatic heterocycles. The van der Waals surface area contributed by atoms with E-state index in [-0.39, 0.29) is 22.8 Å². The number of anilines is 1. The van der Waals surface area contributed by atoms with E-state index in [2.05, 4.69) is 15.5 Å². The molecule has 1 heterocycles. The number of rotatable bonds is 8. The van der Waals surface area contributed by atoms with E-state index in [0.29, 0.717) is 0 Å². The molecule has 0 fully saturated rings. The Morgan fingerprint density at radius 3 is 2.45 bits per heavy atom. The largest absolute Gasteiger partial charge is 0.478 e. The average Bonchev–Trinajstić information content (AvgIpc) is 3.30. The van der Waals surface area contributed by atoms with Crippen molar-refractivity contribution in [2.24, 2.45) is 0 Å². The monoisotopic (exact) mass is 463 g/mol. The first-order chi connectivity index (χ1) is 16.0. The second-order valence-electron chi connectivity index (χ2n) is 7.26. The maximum atomic E-state index is 13.8. The Bertz CT molecular complexity index is 1230. The highest BCUT2D eigenvalue weighted by atomic mass is 32.2. The molecule has 1 N–H and O–H groups in total. The third kappa shape index (κ3) is 5.59. The van der Waals surface area contributed by atoms with Gasteiger partial charge in [-0.05, 0) is 37.6 Å². The van der Waals surface area contributed by atoms with Crippen molar-refractivity contribution in [3.8, 4) is 16.9 Å². The van der Waals surface area contributed by atoms with Crippen LogP contribution in [0.5, 0.6) is 5.75 Å². The number of para-hydroxylation sites is 2. The molecule has 4 aromatic rings. The lowest BCUT2D eigenvalue weighted by molar-refractivity contribution is -0.115. The van der Waals surface area contributed by atoms with E-state index in [4.69, 9.17) is 9.15 Å². The van der Waals surface area contributed by atoms with Crippen molar-refractivity contribution in [2.45, 2.75) is 30.4 Å². The summed E-state index contributed by atoms with van der Waals surface area (Å²) in [6, 6.07) is 23.6. The Kier molecular flexibility index (Phi) is 7.04. The molecule has 0 unspecified atom stereocenters. The molecule has 168 valence electrons. The van der Waals surface area contributed by atoms with E-state index in [1.165, 1.54) is 12.1 Å². The molecule has 0 aliphatic rings. The number of amides is 1. The molecule has 0 saturated heterocycles. The van der Waals surface area contributed by atoms with Crippen molar-refractivity contribution in [3.05, 3.63) is 90.6 Å². The maximum absolute atomic E-state index is 13.8. The number of thioether (sulfide) groups is 1. The van der Waals surface area contributed by atoms with Gasteiger partial charge in [0, 0.05) is 11.3 Å². The second kappa shape index (κ2) is 10.3. The quantitative estimate of drug-likeness (QED) is 0.317. The van der Waals surface area contributed by atoms with E-state index in [1.807, 2.05) is 54.6 Å². The number of aromatic nitrogens is 2. The smallest absolute Gasteiger partial charge is 0.277 e. The first kappa shape index (κ1) is 22.5. The zero-order chi connectivity index (χ0) is 23.2. The Labute approximate surface area is 195 Å². The molecular formula is C25H22FN3O3S. The molecule has 4 rings (SSSR count). The fourth-order valence-electron chi connectivity index (χ4n) is 3.11. The van der Waals surface area contributed by atoms with Gasteiger partial charge in [-0.1, -0.05) is 72.4 Å². The minimum Gasteiger partial charge on any atom is -0.478 e. The van der Waals surface area contributed by atoms with Crippen LogP contribution in [-0.2, 0) is 4.79 Å². The summed E-state index contributed by atoms with van der Waals surface area (Å²) in [6.07, 6.45) is -0.648. The maximum Gasteiger partial charge on any atom is 0.277 e. The van der Waals surface area contributed by atoms with Gasteiger partial charge in [-0.15, -0.1) is 10.2 Å². The highest BCUT2D eigenvalue weighted by molar-refractivity contribution is 8.00. The highest BCUT2D eigenvalue weighted by Gasteiger charge is 2.22. The third-order valence-electron chi connectivity index (χ3n) is 4.83. The lowest BCUT2D eigenvalue weighted by atomic mass is 10.0. The zero-order valence-corrected chi connectivity index (χ0v) is 18.9. The van der Waals surface area contributed by atoms with Crippen LogP contribution in [0.15, 0.2) is 88.5 Å². The number of carbonyl (C=O) groups is 1. The van der Waals surface area contributed by atoms with Crippen molar-refractivity contribution in [1.82, 2.24) is 10.2 Å². The normalized spacial score (nSPS) is 12.7. The predicted molar refractivity (Wildman–Crippen MR) is 126 cm³/mol. The summed E-state index contributed by atoms with van der Waals surface area (Å²) in [5.74, 6) is -0.372. The molecule has 8 heteroatoms. The molecule has 0 radical (unpaired) electrons. The number of halogens is 1. The van der Waals surface area contributed by atoms with Gasteiger partial charge in [0.1, 0.15) is 0 Å². The van der Waals surface area contributed by atoms with Gasteiger partial charge in [-0.3, -0.25) is 4.79 Å². The van der Waals surface area contributed by atoms with Gasteiger partial charge >= 0.3 is 0 Å². The molecule has 2 atom stereocenters. The van der Waals surface area contributed by atoms with E-state index in [0.717, 1.165) is 28.6 Å². The molecule has 1 aromatic heterocycles. The van der Waals surface area contributed by atoms with Gasteiger partial charge in [-0.25, -0.2) is 4.39 Å². The summed E-state index contributed by atoms with van der Waals surface area (Å²) in [5, 5.41) is 10.7. The van der Waals surface area contributed by atoms with Crippen molar-refractivity contribution >= 4 is 23.4 Å². The average molecular weight is 464 g/mol. The van der Waals surface area contributed by atoms with Crippen molar-refractivity contribution in [2.75, 3.05) is 5.32 Å². The first-order valence-corrected chi connectivity index (χ1v) is 11.3. The number of hydrogen-bond donors (Lipinski definition) is 1. The molecule has 0 aliphatic carbocycles. The molecule has 0 saturated carbocycles. The second-order valence-corrected chi connectivity index (χ2v) is 8.55. The van der Waals surface area contributed by atoms with E-state index >= 15 is 0 Å². The van der Waals surface area contributed by atoms with Crippen molar-refractivity contribution < 1.29 is 18.3 Å². The first-order valence-electron chi connectivity index (χ1n) is 10.4. The number of ether oxygens (including phenoxy) is 1. The summed E-state index contributed by atoms with van der Waals surface area (Å²) in [7, 11) is 0. The van der Waals surface area contributed by atoms with Gasteiger partial charge in [0.15, 0.2) is 17.7 Å². The molecule has 33 heavy (non-hydrogen) atoms. The van der Waals surface area contributed by atoms with E-state index in [1.54, 1.807) is 26.0 Å². The van der Waals surface area contributed by atoms with Crippen molar-refractivity contribution in [1.29, 1.82) is 0 Å². The molecule has 0 spiro atoms. The van der Waals surface area contributed by atoms with Gasteiger partial charge in [-0.2, -0.15) is 0 Å². The predicted octanol–water partition coefficient (Wildman–Crippen LogP) is 6.14. The number of hydrogen-bond acceptors (Lipinski definition) is 6. The zero-order valence-electron chi connectivity index (χ0n) is 18.1. The minimum absolute atomic E-state index is 0.0993. The van der Waals surface area contributed by atoms with Crippen molar-refractivity contribution in [3.63, 3.8) is 0 Å². The van der Waals surface area contributed by atoms with Crippen LogP contribution in [0.3, 0.4) is 0 Å². The molecular weight excluding hydrogens is 441 g/mol. The van der Waals surface area contributed by atoms with Gasteiger partial charge in [0.25, 0.3) is 11.1 Å². The van der Waals surface area contributed by atoms with E-state index in [9.17, 15) is 9.18 Å². The SMILES string of the molecule is C[C@@H](Sc1nnc([C@@H](C)Oc2ccccc2F)o1)C(=O)Nc1ccccc1-c1ccccc1. The summed E-state index contributed by atoms with van der Waals surface area (Å²) < 4.78 is 25.0. The standard InChI is InChI=1S/C25H22FN3O3S/c1-16(31-22-15-9-7-13-20(22)26)24-28-29-25(32-24)33-17(2)23(30)27-21-14-8-6-12-19(21)18-10-4-3-5-11-18/h3-17H,1-2H3,(H,27,30)/t16-,17-/m1/s1. The van der Waals surface area contributed by atoms with Crippen LogP contribution in [0.1, 0.15) is 25.8 Å². The van der Waals surface area contributed by atoms with Crippen LogP contribution < -0.4 is 10.1 Å². The number of benzene rings is 3. The molecule has 0 bridgehead atoms. The fourth-order valence-corrected chi connectivity index (χ4v) is 3.80. The van der Waals surface area contributed by atoms with Gasteiger partial charge in [0.05, 0.1) is 5.25 Å². The Morgan fingerprint density at radius 1 is 0.970 bits per heavy atom. The van der Waals surface area contributed by atoms with Crippen LogP contribution in [-0.4, -0.2) is 21.4 Å². The third-order valence-corrected chi connectivity index (χ3v) is 5.76.